The van der Waals surface area contributed by atoms with Gasteiger partial charge in [0.05, 0.1) is 0 Å². The van der Waals surface area contributed by atoms with E-state index in [0.29, 0.717) is 33.0 Å². The van der Waals surface area contributed by atoms with Crippen LogP contribution in [0.25, 0.3) is 0 Å². The SMILES string of the molecule is CC(C)(C)N1CCC2(CC1)CCN(C(C)(C)C)CC2.CC(C)(C)N1CCC2(CCCN(C(C)(C)C)C2)CC1. The highest BCUT2D eigenvalue weighted by atomic mass is 15.2. The molecule has 0 radical (unpaired) electrons. The Balaban J connectivity index is 0.000000211. The van der Waals surface area contributed by atoms with E-state index >= 15 is 0 Å². The van der Waals surface area contributed by atoms with Crippen LogP contribution in [-0.4, -0.2) is 94.1 Å². The monoisotopic (exact) mass is 533 g/mol. The molecule has 4 heteroatoms. The molecule has 4 saturated heterocycles. The molecule has 224 valence electrons. The van der Waals surface area contributed by atoms with Crippen molar-refractivity contribution in [3.8, 4) is 0 Å². The van der Waals surface area contributed by atoms with Gasteiger partial charge in [-0.1, -0.05) is 0 Å². The van der Waals surface area contributed by atoms with Crippen molar-refractivity contribution in [1.29, 1.82) is 0 Å². The average molecular weight is 533 g/mol. The maximum absolute atomic E-state index is 2.73. The molecule has 0 N–H and O–H groups in total. The average Bonchev–Trinajstić information content (AvgIpc) is 2.78. The van der Waals surface area contributed by atoms with Crippen molar-refractivity contribution >= 4 is 0 Å². The van der Waals surface area contributed by atoms with Gasteiger partial charge in [0.15, 0.2) is 0 Å². The van der Waals surface area contributed by atoms with Crippen LogP contribution >= 0.6 is 0 Å². The van der Waals surface area contributed by atoms with Gasteiger partial charge >= 0.3 is 0 Å². The summed E-state index contributed by atoms with van der Waals surface area (Å²) in [5, 5.41) is 0. The van der Waals surface area contributed by atoms with Crippen LogP contribution in [-0.2, 0) is 0 Å². The highest BCUT2D eigenvalue weighted by molar-refractivity contribution is 4.97. The molecule has 0 aromatic heterocycles. The van der Waals surface area contributed by atoms with Crippen LogP contribution in [0.2, 0.25) is 0 Å². The number of rotatable bonds is 0. The predicted molar refractivity (Wildman–Crippen MR) is 167 cm³/mol. The molecule has 0 aromatic rings. The zero-order chi connectivity index (χ0) is 28.6. The van der Waals surface area contributed by atoms with Gasteiger partial charge in [-0.05, 0) is 191 Å². The van der Waals surface area contributed by atoms with E-state index in [1.54, 1.807) is 0 Å². The van der Waals surface area contributed by atoms with Gasteiger partial charge in [-0.3, -0.25) is 19.6 Å². The van der Waals surface area contributed by atoms with Gasteiger partial charge in [0.1, 0.15) is 0 Å². The zero-order valence-corrected chi connectivity index (χ0v) is 28.1. The Hall–Kier alpha value is -0.160. The number of hydrogen-bond donors (Lipinski definition) is 0. The van der Waals surface area contributed by atoms with E-state index in [-0.39, 0.29) is 0 Å². The first kappa shape index (κ1) is 32.4. The third-order valence-electron chi connectivity index (χ3n) is 10.9. The van der Waals surface area contributed by atoms with Gasteiger partial charge in [-0.25, -0.2) is 0 Å². The molecule has 0 aliphatic carbocycles. The molecule has 0 bridgehead atoms. The summed E-state index contributed by atoms with van der Waals surface area (Å²) in [5.41, 5.74) is 2.69. The Bertz CT molecular complexity index is 685. The minimum absolute atomic E-state index is 0.342. The molecule has 0 aromatic carbocycles. The Labute approximate surface area is 239 Å². The van der Waals surface area contributed by atoms with Crippen LogP contribution in [0.5, 0.6) is 0 Å². The van der Waals surface area contributed by atoms with Crippen molar-refractivity contribution in [3.05, 3.63) is 0 Å². The Kier molecular flexibility index (Phi) is 9.89. The van der Waals surface area contributed by atoms with E-state index in [0.717, 1.165) is 0 Å². The van der Waals surface area contributed by atoms with Crippen molar-refractivity contribution in [2.75, 3.05) is 52.4 Å². The fourth-order valence-corrected chi connectivity index (χ4v) is 7.64. The van der Waals surface area contributed by atoms with Crippen LogP contribution < -0.4 is 0 Å². The molecule has 4 heterocycles. The van der Waals surface area contributed by atoms with Crippen molar-refractivity contribution in [2.45, 2.75) is 157 Å². The molecule has 0 saturated carbocycles. The lowest BCUT2D eigenvalue weighted by molar-refractivity contribution is -0.0300. The third-order valence-corrected chi connectivity index (χ3v) is 10.9. The molecule has 38 heavy (non-hydrogen) atoms. The van der Waals surface area contributed by atoms with Crippen LogP contribution in [0.4, 0.5) is 0 Å². The molecule has 0 amide bonds. The van der Waals surface area contributed by atoms with E-state index in [9.17, 15) is 0 Å². The quantitative estimate of drug-likeness (QED) is 0.320. The maximum atomic E-state index is 2.73. The van der Waals surface area contributed by atoms with Gasteiger partial charge in [0, 0.05) is 28.7 Å². The Morgan fingerprint density at radius 1 is 0.342 bits per heavy atom. The van der Waals surface area contributed by atoms with Crippen LogP contribution in [0.3, 0.4) is 0 Å². The fraction of sp³-hybridized carbons (Fsp3) is 1.00. The molecule has 4 aliphatic rings. The Morgan fingerprint density at radius 3 is 0.921 bits per heavy atom. The van der Waals surface area contributed by atoms with Crippen molar-refractivity contribution in [3.63, 3.8) is 0 Å². The molecule has 4 aliphatic heterocycles. The Morgan fingerprint density at radius 2 is 0.632 bits per heavy atom. The van der Waals surface area contributed by atoms with E-state index in [1.165, 1.54) is 104 Å². The minimum Gasteiger partial charge on any atom is -0.298 e. The van der Waals surface area contributed by atoms with Gasteiger partial charge in [0.25, 0.3) is 0 Å². The first-order chi connectivity index (χ1) is 17.2. The second-order valence-corrected chi connectivity index (χ2v) is 17.7. The minimum atomic E-state index is 0.342. The summed E-state index contributed by atoms with van der Waals surface area (Å²) in [6.07, 6.45) is 11.3. The fourth-order valence-electron chi connectivity index (χ4n) is 7.64. The standard InChI is InChI=1S/2C17H34N2/c1-15(2,3)18-11-7-17(8-12-18)9-13-19(14-10-17)16(4,5)6;1-15(2,3)18-12-9-17(10-13-18)8-7-11-19(14-17)16(4,5)6/h2*7-14H2,1-6H3. The topological polar surface area (TPSA) is 13.0 Å². The molecular formula is C34H68N4. The van der Waals surface area contributed by atoms with Gasteiger partial charge in [-0.2, -0.15) is 0 Å². The second-order valence-electron chi connectivity index (χ2n) is 17.7. The molecular weight excluding hydrogens is 464 g/mol. The summed E-state index contributed by atoms with van der Waals surface area (Å²) in [4.78, 5) is 10.8. The smallest absolute Gasteiger partial charge is 0.0125 e. The van der Waals surface area contributed by atoms with Crippen molar-refractivity contribution < 1.29 is 0 Å². The summed E-state index contributed by atoms with van der Waals surface area (Å²) in [7, 11) is 0. The lowest BCUT2D eigenvalue weighted by atomic mass is 9.70. The number of likely N-dealkylation sites (tertiary alicyclic amines) is 4. The first-order valence-corrected chi connectivity index (χ1v) is 16.3. The van der Waals surface area contributed by atoms with E-state index in [2.05, 4.69) is 103 Å². The summed E-state index contributed by atoms with van der Waals surface area (Å²) in [6, 6.07) is 0. The van der Waals surface area contributed by atoms with Crippen molar-refractivity contribution in [1.82, 2.24) is 19.6 Å². The van der Waals surface area contributed by atoms with Gasteiger partial charge in [-0.15, -0.1) is 0 Å². The van der Waals surface area contributed by atoms with Crippen molar-refractivity contribution in [2.24, 2.45) is 10.8 Å². The largest absolute Gasteiger partial charge is 0.298 e. The van der Waals surface area contributed by atoms with Gasteiger partial charge in [0.2, 0.25) is 0 Å². The summed E-state index contributed by atoms with van der Waals surface area (Å²) in [5.74, 6) is 0. The van der Waals surface area contributed by atoms with Gasteiger partial charge < -0.3 is 0 Å². The third kappa shape index (κ3) is 8.43. The summed E-state index contributed by atoms with van der Waals surface area (Å²) < 4.78 is 0. The maximum Gasteiger partial charge on any atom is 0.0125 e. The predicted octanol–water partition coefficient (Wildman–Crippen LogP) is 7.52. The molecule has 2 spiro atoms. The second kappa shape index (κ2) is 11.6. The molecule has 0 unspecified atom stereocenters. The zero-order valence-electron chi connectivity index (χ0n) is 28.1. The molecule has 4 nitrogen and oxygen atoms in total. The van der Waals surface area contributed by atoms with Crippen LogP contribution in [0.15, 0.2) is 0 Å². The lowest BCUT2D eigenvalue weighted by Gasteiger charge is -2.53. The normalized spacial score (nSPS) is 26.8. The number of nitrogens with zero attached hydrogens (tertiary/aromatic N) is 4. The summed E-state index contributed by atoms with van der Waals surface area (Å²) >= 11 is 0. The molecule has 4 rings (SSSR count). The first-order valence-electron chi connectivity index (χ1n) is 16.3. The van der Waals surface area contributed by atoms with E-state index in [4.69, 9.17) is 0 Å². The number of piperidine rings is 4. The lowest BCUT2D eigenvalue weighted by Crippen LogP contribution is -2.56. The summed E-state index contributed by atoms with van der Waals surface area (Å²) in [6.45, 7) is 38.7. The molecule has 0 atom stereocenters. The highest BCUT2D eigenvalue weighted by Crippen LogP contribution is 2.44. The van der Waals surface area contributed by atoms with Crippen LogP contribution in [0, 0.1) is 10.8 Å². The molecule has 4 fully saturated rings. The van der Waals surface area contributed by atoms with E-state index in [1.807, 2.05) is 0 Å². The van der Waals surface area contributed by atoms with E-state index < -0.39 is 0 Å². The highest BCUT2D eigenvalue weighted by Gasteiger charge is 2.43. The van der Waals surface area contributed by atoms with Crippen LogP contribution in [0.1, 0.15) is 134 Å². The number of hydrogen-bond acceptors (Lipinski definition) is 4.